The van der Waals surface area contributed by atoms with Gasteiger partial charge in [-0.15, -0.1) is 0 Å². The minimum Gasteiger partial charge on any atom is -0.480 e. The molecule has 4 saturated carbocycles. The maximum atomic E-state index is 12.2. The van der Waals surface area contributed by atoms with Crippen LogP contribution >= 0.6 is 0 Å². The van der Waals surface area contributed by atoms with E-state index in [0.29, 0.717) is 17.8 Å². The lowest BCUT2D eigenvalue weighted by molar-refractivity contribution is -0.151. The number of carbonyl (C=O) groups excluding carboxylic acids is 1. The quantitative estimate of drug-likeness (QED) is 0.857. The molecule has 4 fully saturated rings. The van der Waals surface area contributed by atoms with Crippen molar-refractivity contribution in [3.8, 4) is 0 Å². The van der Waals surface area contributed by atoms with Gasteiger partial charge in [-0.05, 0) is 61.8 Å². The van der Waals surface area contributed by atoms with Gasteiger partial charge in [-0.25, -0.2) is 9.59 Å². The second kappa shape index (κ2) is 6.36. The Morgan fingerprint density at radius 3 is 2.16 bits per heavy atom. The van der Waals surface area contributed by atoms with Gasteiger partial charge in [0.25, 0.3) is 0 Å². The molecule has 25 heavy (non-hydrogen) atoms. The molecule has 0 saturated heterocycles. The van der Waals surface area contributed by atoms with Gasteiger partial charge in [-0.2, -0.15) is 0 Å². The van der Waals surface area contributed by atoms with Crippen molar-refractivity contribution in [2.45, 2.75) is 51.2 Å². The summed E-state index contributed by atoms with van der Waals surface area (Å²) >= 11 is 0. The number of carboxylic acid groups (broad SMARTS) is 1. The Hall–Kier alpha value is -2.04. The lowest BCUT2D eigenvalue weighted by Crippen LogP contribution is -2.59. The normalized spacial score (nSPS) is 33.7. The van der Waals surface area contributed by atoms with Crippen LogP contribution in [0.1, 0.15) is 44.1 Å². The third-order valence-electron chi connectivity index (χ3n) is 6.42. The number of rotatable bonds is 5. The highest BCUT2D eigenvalue weighted by Crippen LogP contribution is 2.61. The average molecular weight is 343 g/mol. The molecule has 1 amide bonds. The number of alkyl carbamates (subject to hydrolysis) is 1. The second-order valence-electron chi connectivity index (χ2n) is 8.26. The fraction of sp³-hybridized carbons (Fsp3) is 0.600. The van der Waals surface area contributed by atoms with E-state index in [1.54, 1.807) is 0 Å². The molecule has 1 atom stereocenters. The minimum absolute atomic E-state index is 0.153. The zero-order valence-electron chi connectivity index (χ0n) is 14.3. The van der Waals surface area contributed by atoms with Gasteiger partial charge in [0.15, 0.2) is 0 Å². The van der Waals surface area contributed by atoms with Crippen LogP contribution < -0.4 is 5.32 Å². The highest BCUT2D eigenvalue weighted by molar-refractivity contribution is 5.81. The summed E-state index contributed by atoms with van der Waals surface area (Å²) in [6, 6.07) is 8.57. The first-order chi connectivity index (χ1) is 12.0. The van der Waals surface area contributed by atoms with Crippen molar-refractivity contribution in [1.29, 1.82) is 0 Å². The third kappa shape index (κ3) is 3.24. The smallest absolute Gasteiger partial charge is 0.408 e. The largest absolute Gasteiger partial charge is 0.480 e. The maximum absolute atomic E-state index is 12.2. The van der Waals surface area contributed by atoms with E-state index in [-0.39, 0.29) is 12.0 Å². The van der Waals surface area contributed by atoms with E-state index in [0.717, 1.165) is 24.8 Å². The standard InChI is InChI=1S/C20H25NO4/c22-18(23)17(21-19(24)25-12-13-4-2-1-3-5-13)20-9-14-6-15(10-20)8-16(7-14)11-20/h1-5,14-17H,6-12H2,(H,21,24)(H,22,23). The molecule has 4 bridgehead atoms. The van der Waals surface area contributed by atoms with E-state index in [2.05, 4.69) is 5.32 Å². The van der Waals surface area contributed by atoms with Gasteiger partial charge in [-0.1, -0.05) is 30.3 Å². The Morgan fingerprint density at radius 2 is 1.64 bits per heavy atom. The molecule has 1 unspecified atom stereocenters. The molecule has 5 heteroatoms. The van der Waals surface area contributed by atoms with Crippen LogP contribution in [0.15, 0.2) is 30.3 Å². The summed E-state index contributed by atoms with van der Waals surface area (Å²) in [6.07, 6.45) is 5.86. The Kier molecular flexibility index (Phi) is 4.18. The van der Waals surface area contributed by atoms with Crippen LogP contribution in [0.4, 0.5) is 4.79 Å². The molecule has 4 aliphatic carbocycles. The summed E-state index contributed by atoms with van der Waals surface area (Å²) in [7, 11) is 0. The summed E-state index contributed by atoms with van der Waals surface area (Å²) in [4.78, 5) is 24.2. The van der Waals surface area contributed by atoms with Gasteiger partial charge >= 0.3 is 12.1 Å². The molecule has 5 nitrogen and oxygen atoms in total. The number of aliphatic carboxylic acids is 1. The number of carboxylic acids is 1. The highest BCUT2D eigenvalue weighted by Gasteiger charge is 2.56. The first-order valence-electron chi connectivity index (χ1n) is 9.24. The van der Waals surface area contributed by atoms with Crippen molar-refractivity contribution < 1.29 is 19.4 Å². The van der Waals surface area contributed by atoms with Crippen molar-refractivity contribution >= 4 is 12.1 Å². The van der Waals surface area contributed by atoms with Gasteiger partial charge < -0.3 is 15.2 Å². The molecule has 0 spiro atoms. The van der Waals surface area contributed by atoms with Crippen LogP contribution in [-0.4, -0.2) is 23.2 Å². The predicted octanol–water partition coefficient (Wildman–Crippen LogP) is 3.58. The first-order valence-corrected chi connectivity index (χ1v) is 9.24. The van der Waals surface area contributed by atoms with Gasteiger partial charge in [0, 0.05) is 5.41 Å². The molecule has 0 aliphatic heterocycles. The number of carbonyl (C=O) groups is 2. The lowest BCUT2D eigenvalue weighted by Gasteiger charge is -2.58. The Bertz CT molecular complexity index is 622. The highest BCUT2D eigenvalue weighted by atomic mass is 16.5. The number of nitrogens with one attached hydrogen (secondary N) is 1. The first kappa shape index (κ1) is 16.4. The molecule has 1 aromatic carbocycles. The van der Waals surface area contributed by atoms with Gasteiger partial charge in [-0.3, -0.25) is 0 Å². The van der Waals surface area contributed by atoms with E-state index in [4.69, 9.17) is 4.74 Å². The van der Waals surface area contributed by atoms with E-state index in [9.17, 15) is 14.7 Å². The van der Waals surface area contributed by atoms with E-state index < -0.39 is 18.1 Å². The van der Waals surface area contributed by atoms with E-state index in [1.165, 1.54) is 19.3 Å². The van der Waals surface area contributed by atoms with Crippen LogP contribution in [0.2, 0.25) is 0 Å². The summed E-state index contributed by atoms with van der Waals surface area (Å²) in [5.74, 6) is 0.972. The SMILES string of the molecule is O=C(NC(C(=O)O)C12CC3CC(CC(C3)C1)C2)OCc1ccccc1. The number of ether oxygens (including phenoxy) is 1. The van der Waals surface area contributed by atoms with E-state index >= 15 is 0 Å². The summed E-state index contributed by atoms with van der Waals surface area (Å²) in [5.41, 5.74) is 0.603. The number of hydrogen-bond donors (Lipinski definition) is 2. The zero-order valence-corrected chi connectivity index (χ0v) is 14.3. The van der Waals surface area contributed by atoms with Crippen LogP contribution in [0.5, 0.6) is 0 Å². The number of amides is 1. The van der Waals surface area contributed by atoms with Gasteiger partial charge in [0.05, 0.1) is 0 Å². The lowest BCUT2D eigenvalue weighted by atomic mass is 9.47. The molecular weight excluding hydrogens is 318 g/mol. The van der Waals surface area contributed by atoms with Gasteiger partial charge in [0.2, 0.25) is 0 Å². The van der Waals surface area contributed by atoms with Crippen molar-refractivity contribution in [3.63, 3.8) is 0 Å². The van der Waals surface area contributed by atoms with Crippen LogP contribution in [0.25, 0.3) is 0 Å². The molecular formula is C20H25NO4. The number of benzene rings is 1. The fourth-order valence-corrected chi connectivity index (χ4v) is 5.89. The molecule has 5 rings (SSSR count). The van der Waals surface area contributed by atoms with E-state index in [1.807, 2.05) is 30.3 Å². The monoisotopic (exact) mass is 343 g/mol. The summed E-state index contributed by atoms with van der Waals surface area (Å²) in [5, 5.41) is 12.5. The Morgan fingerprint density at radius 1 is 1.08 bits per heavy atom. The van der Waals surface area contributed by atoms with Crippen LogP contribution in [0.3, 0.4) is 0 Å². The minimum atomic E-state index is -0.932. The fourth-order valence-electron chi connectivity index (χ4n) is 5.89. The van der Waals surface area contributed by atoms with Crippen molar-refractivity contribution in [1.82, 2.24) is 5.32 Å². The molecule has 4 aliphatic rings. The maximum Gasteiger partial charge on any atom is 0.408 e. The molecule has 0 heterocycles. The van der Waals surface area contributed by atoms with Crippen molar-refractivity contribution in [2.75, 3.05) is 0 Å². The Balaban J connectivity index is 1.43. The van der Waals surface area contributed by atoms with Gasteiger partial charge in [0.1, 0.15) is 12.6 Å². The van der Waals surface area contributed by atoms with Crippen LogP contribution in [0, 0.1) is 23.2 Å². The molecule has 0 radical (unpaired) electrons. The summed E-state index contributed by atoms with van der Waals surface area (Å²) in [6.45, 7) is 0.153. The third-order valence-corrected chi connectivity index (χ3v) is 6.42. The second-order valence-corrected chi connectivity index (χ2v) is 8.26. The van der Waals surface area contributed by atoms with Crippen LogP contribution in [-0.2, 0) is 16.1 Å². The molecule has 2 N–H and O–H groups in total. The number of hydrogen-bond acceptors (Lipinski definition) is 3. The topological polar surface area (TPSA) is 75.6 Å². The molecule has 1 aromatic rings. The van der Waals surface area contributed by atoms with Crippen molar-refractivity contribution in [2.24, 2.45) is 23.2 Å². The molecule has 134 valence electrons. The zero-order chi connectivity index (χ0) is 17.4. The summed E-state index contributed by atoms with van der Waals surface area (Å²) < 4.78 is 5.26. The molecule has 0 aromatic heterocycles. The Labute approximate surface area is 147 Å². The average Bonchev–Trinajstić information content (AvgIpc) is 2.57. The van der Waals surface area contributed by atoms with Crippen molar-refractivity contribution in [3.05, 3.63) is 35.9 Å². The predicted molar refractivity (Wildman–Crippen MR) is 91.8 cm³/mol.